The Kier molecular flexibility index (Phi) is 5.90. The number of hydrogen-bond acceptors (Lipinski definition) is 7. The Balaban J connectivity index is 1.22. The molecular formula is C24H27F2N7O3. The van der Waals surface area contributed by atoms with Gasteiger partial charge in [-0.3, -0.25) is 9.48 Å². The fourth-order valence-electron chi connectivity index (χ4n) is 5.68. The molecule has 1 aliphatic carbocycles. The van der Waals surface area contributed by atoms with E-state index in [9.17, 15) is 18.4 Å². The molecule has 3 fully saturated rings. The highest BCUT2D eigenvalue weighted by Crippen LogP contribution is 2.36. The molecule has 1 saturated carbocycles. The van der Waals surface area contributed by atoms with Gasteiger partial charge < -0.3 is 19.7 Å². The molecule has 0 unspecified atom stereocenters. The number of ether oxygens (including phenoxy) is 1. The summed E-state index contributed by atoms with van der Waals surface area (Å²) in [4.78, 5) is 30.8. The standard InChI is InChI=1S/C24H27F2N7O3/c25-22(26)21-19(12-33(30-21)15-3-1-14(2-4-15)6-8-34)28-24(35)18-10-27-32-7-5-20(29-23(18)32)31-11-17-9-16(31)13-36-17/h5,7-8,10,12,14-17,22H,1-4,6,9,11,13H2,(H,28,35)/t14-,15-,16-,17-/m1/s1. The first kappa shape index (κ1) is 23.0. The highest BCUT2D eigenvalue weighted by atomic mass is 19.3. The van der Waals surface area contributed by atoms with E-state index in [0.717, 1.165) is 50.8 Å². The van der Waals surface area contributed by atoms with Crippen LogP contribution in [0.4, 0.5) is 20.3 Å². The summed E-state index contributed by atoms with van der Waals surface area (Å²) in [6.07, 6.45) is 7.58. The van der Waals surface area contributed by atoms with E-state index in [1.165, 1.54) is 21.6 Å². The van der Waals surface area contributed by atoms with Crippen molar-refractivity contribution in [3.8, 4) is 0 Å². The molecule has 0 spiro atoms. The molecule has 5 heterocycles. The molecule has 1 amide bonds. The largest absolute Gasteiger partial charge is 0.374 e. The first-order chi connectivity index (χ1) is 17.5. The van der Waals surface area contributed by atoms with E-state index in [-0.39, 0.29) is 29.4 Å². The third-order valence-corrected chi connectivity index (χ3v) is 7.63. The monoisotopic (exact) mass is 499 g/mol. The third-order valence-electron chi connectivity index (χ3n) is 7.63. The zero-order valence-electron chi connectivity index (χ0n) is 19.6. The van der Waals surface area contributed by atoms with Crippen molar-refractivity contribution in [3.05, 3.63) is 35.9 Å². The molecule has 3 aromatic heterocycles. The molecule has 6 rings (SSSR count). The Morgan fingerprint density at radius 2 is 2.08 bits per heavy atom. The predicted molar refractivity (Wildman–Crippen MR) is 125 cm³/mol. The number of anilines is 2. The van der Waals surface area contributed by atoms with E-state index in [4.69, 9.17) is 4.74 Å². The lowest BCUT2D eigenvalue weighted by atomic mass is 9.84. The van der Waals surface area contributed by atoms with Crippen molar-refractivity contribution in [3.63, 3.8) is 0 Å². The number of nitrogens with one attached hydrogen (secondary N) is 1. The summed E-state index contributed by atoms with van der Waals surface area (Å²) < 4.78 is 36.3. The van der Waals surface area contributed by atoms with Gasteiger partial charge in [-0.25, -0.2) is 18.3 Å². The Morgan fingerprint density at radius 3 is 2.78 bits per heavy atom. The minimum absolute atomic E-state index is 0.0190. The maximum Gasteiger partial charge on any atom is 0.284 e. The topological polar surface area (TPSA) is 107 Å². The number of nitrogens with zero attached hydrogens (tertiary/aromatic N) is 6. The van der Waals surface area contributed by atoms with Crippen molar-refractivity contribution in [2.45, 2.75) is 63.1 Å². The number of hydrogen-bond donors (Lipinski definition) is 1. The highest BCUT2D eigenvalue weighted by molar-refractivity contribution is 6.08. The number of rotatable bonds is 7. The zero-order valence-corrected chi connectivity index (χ0v) is 19.6. The molecule has 1 N–H and O–H groups in total. The van der Waals surface area contributed by atoms with Crippen LogP contribution in [0.3, 0.4) is 0 Å². The second-order valence-corrected chi connectivity index (χ2v) is 9.85. The Bertz CT molecular complexity index is 1280. The van der Waals surface area contributed by atoms with Crippen LogP contribution in [0.2, 0.25) is 0 Å². The molecule has 12 heteroatoms. The van der Waals surface area contributed by atoms with Crippen molar-refractivity contribution in [1.82, 2.24) is 24.4 Å². The predicted octanol–water partition coefficient (Wildman–Crippen LogP) is 3.41. The van der Waals surface area contributed by atoms with E-state index in [0.29, 0.717) is 24.6 Å². The lowest BCUT2D eigenvalue weighted by Crippen LogP contribution is -2.37. The number of morpholine rings is 1. The highest BCUT2D eigenvalue weighted by Gasteiger charge is 2.39. The van der Waals surface area contributed by atoms with Crippen molar-refractivity contribution < 1.29 is 23.1 Å². The number of carbonyl (C=O) groups is 2. The minimum Gasteiger partial charge on any atom is -0.374 e. The average molecular weight is 500 g/mol. The minimum atomic E-state index is -2.84. The molecule has 0 radical (unpaired) electrons. The van der Waals surface area contributed by atoms with Crippen molar-refractivity contribution in [2.24, 2.45) is 5.92 Å². The lowest BCUT2D eigenvalue weighted by Gasteiger charge is -2.27. The van der Waals surface area contributed by atoms with Crippen LogP contribution in [0.15, 0.2) is 24.7 Å². The normalized spacial score (nSPS) is 25.7. The molecule has 36 heavy (non-hydrogen) atoms. The maximum atomic E-state index is 13.8. The summed E-state index contributed by atoms with van der Waals surface area (Å²) in [6.45, 7) is 1.40. The first-order valence-corrected chi connectivity index (χ1v) is 12.3. The van der Waals surface area contributed by atoms with Crippen LogP contribution in [0.25, 0.3) is 5.65 Å². The molecule has 2 aliphatic heterocycles. The number of alkyl halides is 2. The van der Waals surface area contributed by atoms with Crippen LogP contribution in [-0.2, 0) is 9.53 Å². The van der Waals surface area contributed by atoms with Crippen LogP contribution in [0.5, 0.6) is 0 Å². The number of fused-ring (bicyclic) bond motifs is 3. The Labute approximate surface area is 205 Å². The number of halogens is 2. The van der Waals surface area contributed by atoms with Gasteiger partial charge in [-0.2, -0.15) is 10.2 Å². The molecule has 2 saturated heterocycles. The van der Waals surface area contributed by atoms with E-state index in [1.807, 2.05) is 6.07 Å². The van der Waals surface area contributed by atoms with Crippen LogP contribution in [-0.4, -0.2) is 61.9 Å². The summed E-state index contributed by atoms with van der Waals surface area (Å²) >= 11 is 0. The van der Waals surface area contributed by atoms with Crippen LogP contribution < -0.4 is 10.2 Å². The van der Waals surface area contributed by atoms with Crippen LogP contribution >= 0.6 is 0 Å². The quantitative estimate of drug-likeness (QED) is 0.497. The molecule has 0 aromatic carbocycles. The van der Waals surface area contributed by atoms with Crippen molar-refractivity contribution in [2.75, 3.05) is 23.4 Å². The summed E-state index contributed by atoms with van der Waals surface area (Å²) in [7, 11) is 0. The first-order valence-electron chi connectivity index (χ1n) is 12.3. The third kappa shape index (κ3) is 4.12. The van der Waals surface area contributed by atoms with E-state index >= 15 is 0 Å². The van der Waals surface area contributed by atoms with Gasteiger partial charge in [0.25, 0.3) is 12.3 Å². The number of carbonyl (C=O) groups excluding carboxylic acids is 2. The van der Waals surface area contributed by atoms with E-state index in [1.54, 1.807) is 6.20 Å². The smallest absolute Gasteiger partial charge is 0.284 e. The van der Waals surface area contributed by atoms with E-state index in [2.05, 4.69) is 25.4 Å². The maximum absolute atomic E-state index is 13.8. The van der Waals surface area contributed by atoms with Gasteiger partial charge >= 0.3 is 0 Å². The summed E-state index contributed by atoms with van der Waals surface area (Å²) in [5.74, 6) is 0.496. The summed E-state index contributed by atoms with van der Waals surface area (Å²) in [5.41, 5.74) is 0.0686. The average Bonchev–Trinajstić information content (AvgIpc) is 3.67. The molecule has 10 nitrogen and oxygen atoms in total. The Morgan fingerprint density at radius 1 is 1.25 bits per heavy atom. The SMILES string of the molecule is O=CC[C@H]1CC[C@H](n2cc(NC(=O)c3cnn4ccc(N5C[C@H]6C[C@@H]5CO6)nc34)c(C(F)F)n2)CC1. The molecule has 3 aliphatic rings. The molecule has 2 bridgehead atoms. The van der Waals surface area contributed by atoms with Gasteiger partial charge in [0, 0.05) is 25.4 Å². The van der Waals surface area contributed by atoms with Crippen molar-refractivity contribution >= 4 is 29.3 Å². The van der Waals surface area contributed by atoms with Gasteiger partial charge in [-0.1, -0.05) is 0 Å². The molecule has 3 aromatic rings. The van der Waals surface area contributed by atoms with Gasteiger partial charge in [-0.05, 0) is 44.1 Å². The second kappa shape index (κ2) is 9.23. The Hall–Kier alpha value is -3.41. The van der Waals surface area contributed by atoms with Crippen molar-refractivity contribution in [1.29, 1.82) is 0 Å². The fraction of sp³-hybridized carbons (Fsp3) is 0.542. The lowest BCUT2D eigenvalue weighted by molar-refractivity contribution is -0.108. The van der Waals surface area contributed by atoms with Gasteiger partial charge in [0.15, 0.2) is 11.3 Å². The molecule has 2 atom stereocenters. The molecule has 190 valence electrons. The number of aromatic nitrogens is 5. The van der Waals surface area contributed by atoms with Gasteiger partial charge in [0.2, 0.25) is 0 Å². The van der Waals surface area contributed by atoms with E-state index < -0.39 is 18.0 Å². The number of aldehydes is 1. The van der Waals surface area contributed by atoms with Crippen LogP contribution in [0, 0.1) is 5.92 Å². The number of amides is 1. The zero-order chi connectivity index (χ0) is 24.8. The second-order valence-electron chi connectivity index (χ2n) is 9.85. The van der Waals surface area contributed by atoms with Crippen LogP contribution in [0.1, 0.15) is 67.0 Å². The summed E-state index contributed by atoms with van der Waals surface area (Å²) in [5, 5.41) is 10.9. The summed E-state index contributed by atoms with van der Waals surface area (Å²) in [6, 6.07) is 2.07. The molecular weight excluding hydrogens is 472 g/mol. The van der Waals surface area contributed by atoms with Gasteiger partial charge in [0.05, 0.1) is 36.7 Å². The van der Waals surface area contributed by atoms with Gasteiger partial charge in [0.1, 0.15) is 17.7 Å². The fourth-order valence-corrected chi connectivity index (χ4v) is 5.68. The van der Waals surface area contributed by atoms with Gasteiger partial charge in [-0.15, -0.1) is 0 Å².